The normalized spacial score (nSPS) is 37.8. The first kappa shape index (κ1) is 13.4. The molecule has 0 amide bonds. The second kappa shape index (κ2) is 5.29. The number of fused-ring (bicyclic) bond motifs is 2. The molecule has 4 heteroatoms. The van der Waals surface area contributed by atoms with E-state index >= 15 is 0 Å². The van der Waals surface area contributed by atoms with E-state index in [4.69, 9.17) is 9.84 Å². The molecule has 102 valence electrons. The second-order valence-corrected chi connectivity index (χ2v) is 5.95. The topological polar surface area (TPSA) is 63.6 Å². The minimum atomic E-state index is -0.950. The van der Waals surface area contributed by atoms with Crippen LogP contribution in [0.1, 0.15) is 39.5 Å². The van der Waals surface area contributed by atoms with E-state index in [1.165, 1.54) is 12.8 Å². The molecule has 5 unspecified atom stereocenters. The lowest BCUT2D eigenvalue weighted by atomic mass is 9.76. The van der Waals surface area contributed by atoms with E-state index in [9.17, 15) is 9.59 Å². The first-order chi connectivity index (χ1) is 8.49. The van der Waals surface area contributed by atoms with Gasteiger partial charge in [-0.05, 0) is 42.4 Å². The van der Waals surface area contributed by atoms with Crippen LogP contribution in [0.15, 0.2) is 0 Å². The summed E-state index contributed by atoms with van der Waals surface area (Å²) in [6.45, 7) is 5.11. The zero-order valence-electron chi connectivity index (χ0n) is 11.1. The van der Waals surface area contributed by atoms with Gasteiger partial charge in [0.2, 0.25) is 0 Å². The largest absolute Gasteiger partial charge is 0.481 e. The molecule has 0 aliphatic heterocycles. The number of carbonyl (C=O) groups excluding carboxylic acids is 1. The Morgan fingerprint density at radius 3 is 2.44 bits per heavy atom. The summed E-state index contributed by atoms with van der Waals surface area (Å²) in [7, 11) is 0. The zero-order valence-corrected chi connectivity index (χ0v) is 11.1. The third kappa shape index (κ3) is 2.68. The molecule has 0 aromatic rings. The van der Waals surface area contributed by atoms with Crippen LogP contribution in [0.4, 0.5) is 0 Å². The van der Waals surface area contributed by atoms with Gasteiger partial charge in [0.25, 0.3) is 0 Å². The summed E-state index contributed by atoms with van der Waals surface area (Å²) in [5.41, 5.74) is 0. The third-order valence-corrected chi connectivity index (χ3v) is 5.04. The number of esters is 1. The van der Waals surface area contributed by atoms with E-state index in [1.807, 2.05) is 0 Å². The summed E-state index contributed by atoms with van der Waals surface area (Å²) in [5.74, 6) is 2.19. The molecule has 4 nitrogen and oxygen atoms in total. The molecule has 2 fully saturated rings. The van der Waals surface area contributed by atoms with Crippen molar-refractivity contribution >= 4 is 11.9 Å². The van der Waals surface area contributed by atoms with Crippen molar-refractivity contribution in [1.82, 2.24) is 0 Å². The van der Waals surface area contributed by atoms with Gasteiger partial charge < -0.3 is 9.84 Å². The maximum absolute atomic E-state index is 11.4. The molecule has 0 saturated heterocycles. The first-order valence-corrected chi connectivity index (χ1v) is 6.86. The molecule has 2 saturated carbocycles. The predicted molar refractivity (Wildman–Crippen MR) is 65.9 cm³/mol. The van der Waals surface area contributed by atoms with Crippen molar-refractivity contribution in [3.8, 4) is 0 Å². The smallest absolute Gasteiger partial charge is 0.306 e. The number of hydrogen-bond donors (Lipinski definition) is 1. The standard InChI is InChI=1S/C14H22O4/c1-8-9(2)12-6-10(8)5-11(12)7-18-14(17)4-3-13(15)16/h8-12H,3-7H2,1-2H3,(H,15,16). The van der Waals surface area contributed by atoms with E-state index in [0.717, 1.165) is 17.8 Å². The summed E-state index contributed by atoms with van der Waals surface area (Å²) in [6, 6.07) is 0. The molecule has 0 aromatic carbocycles. The van der Waals surface area contributed by atoms with Crippen LogP contribution in [0.25, 0.3) is 0 Å². The van der Waals surface area contributed by atoms with Gasteiger partial charge in [-0.2, -0.15) is 0 Å². The lowest BCUT2D eigenvalue weighted by Gasteiger charge is -2.31. The van der Waals surface area contributed by atoms with Gasteiger partial charge in [-0.3, -0.25) is 9.59 Å². The highest BCUT2D eigenvalue weighted by Gasteiger charge is 2.48. The fourth-order valence-corrected chi connectivity index (χ4v) is 3.77. The van der Waals surface area contributed by atoms with Crippen molar-refractivity contribution < 1.29 is 19.4 Å². The zero-order chi connectivity index (χ0) is 13.3. The summed E-state index contributed by atoms with van der Waals surface area (Å²) < 4.78 is 5.21. The molecule has 18 heavy (non-hydrogen) atoms. The predicted octanol–water partition coefficient (Wildman–Crippen LogP) is 2.32. The molecule has 1 N–H and O–H groups in total. The number of rotatable bonds is 5. The molecule has 0 heterocycles. The van der Waals surface area contributed by atoms with Crippen molar-refractivity contribution in [3.05, 3.63) is 0 Å². The number of carboxylic acids is 1. The minimum absolute atomic E-state index is 0.0118. The Kier molecular flexibility index (Phi) is 3.93. The fraction of sp³-hybridized carbons (Fsp3) is 0.857. The lowest BCUT2D eigenvalue weighted by molar-refractivity contribution is -0.149. The Morgan fingerprint density at radius 2 is 1.89 bits per heavy atom. The first-order valence-electron chi connectivity index (χ1n) is 6.86. The highest BCUT2D eigenvalue weighted by molar-refractivity contribution is 5.76. The Hall–Kier alpha value is -1.06. The highest BCUT2D eigenvalue weighted by Crippen LogP contribution is 2.54. The van der Waals surface area contributed by atoms with Crippen LogP contribution in [0, 0.1) is 29.6 Å². The molecule has 2 bridgehead atoms. The molecule has 2 aliphatic carbocycles. The van der Waals surface area contributed by atoms with E-state index in [0.29, 0.717) is 18.4 Å². The van der Waals surface area contributed by atoms with Crippen LogP contribution >= 0.6 is 0 Å². The summed E-state index contributed by atoms with van der Waals surface area (Å²) >= 11 is 0. The average Bonchev–Trinajstić information content (AvgIpc) is 2.85. The molecule has 0 radical (unpaired) electrons. The molecule has 2 aliphatic rings. The van der Waals surface area contributed by atoms with Crippen LogP contribution in [-0.4, -0.2) is 23.7 Å². The summed E-state index contributed by atoms with van der Waals surface area (Å²) in [6.07, 6.45) is 2.30. The maximum Gasteiger partial charge on any atom is 0.306 e. The van der Waals surface area contributed by atoms with Crippen LogP contribution in [0.5, 0.6) is 0 Å². The van der Waals surface area contributed by atoms with Gasteiger partial charge in [0, 0.05) is 0 Å². The van der Waals surface area contributed by atoms with Gasteiger partial charge >= 0.3 is 11.9 Å². The number of ether oxygens (including phenoxy) is 1. The average molecular weight is 254 g/mol. The van der Waals surface area contributed by atoms with Gasteiger partial charge in [-0.1, -0.05) is 13.8 Å². The van der Waals surface area contributed by atoms with Gasteiger partial charge in [0.05, 0.1) is 19.4 Å². The van der Waals surface area contributed by atoms with Crippen molar-refractivity contribution in [2.24, 2.45) is 29.6 Å². The van der Waals surface area contributed by atoms with Crippen molar-refractivity contribution in [2.45, 2.75) is 39.5 Å². The van der Waals surface area contributed by atoms with E-state index in [2.05, 4.69) is 13.8 Å². The van der Waals surface area contributed by atoms with Gasteiger partial charge in [0.15, 0.2) is 0 Å². The number of aliphatic carboxylic acids is 1. The summed E-state index contributed by atoms with van der Waals surface area (Å²) in [5, 5.41) is 8.48. The van der Waals surface area contributed by atoms with Crippen molar-refractivity contribution in [2.75, 3.05) is 6.61 Å². The lowest BCUT2D eigenvalue weighted by Crippen LogP contribution is -2.28. The number of carboxylic acid groups (broad SMARTS) is 1. The van der Waals surface area contributed by atoms with Crippen molar-refractivity contribution in [1.29, 1.82) is 0 Å². The third-order valence-electron chi connectivity index (χ3n) is 5.04. The van der Waals surface area contributed by atoms with Gasteiger partial charge in [-0.15, -0.1) is 0 Å². The Labute approximate surface area is 108 Å². The maximum atomic E-state index is 11.4. The van der Waals surface area contributed by atoms with Gasteiger partial charge in [-0.25, -0.2) is 0 Å². The Morgan fingerprint density at radius 1 is 1.17 bits per heavy atom. The number of hydrogen-bond acceptors (Lipinski definition) is 3. The minimum Gasteiger partial charge on any atom is -0.481 e. The second-order valence-electron chi connectivity index (χ2n) is 5.95. The van der Waals surface area contributed by atoms with Crippen molar-refractivity contribution in [3.63, 3.8) is 0 Å². The van der Waals surface area contributed by atoms with E-state index < -0.39 is 5.97 Å². The quantitative estimate of drug-likeness (QED) is 0.765. The van der Waals surface area contributed by atoms with E-state index in [1.54, 1.807) is 0 Å². The van der Waals surface area contributed by atoms with Crippen LogP contribution in [-0.2, 0) is 14.3 Å². The summed E-state index contributed by atoms with van der Waals surface area (Å²) in [4.78, 5) is 21.7. The van der Waals surface area contributed by atoms with Crippen LogP contribution in [0.2, 0.25) is 0 Å². The van der Waals surface area contributed by atoms with E-state index in [-0.39, 0.29) is 18.8 Å². The molecular formula is C14H22O4. The molecule has 2 rings (SSSR count). The molecule has 0 spiro atoms. The molecule has 0 aromatic heterocycles. The van der Waals surface area contributed by atoms with Crippen LogP contribution in [0.3, 0.4) is 0 Å². The Bertz CT molecular complexity index is 337. The SMILES string of the molecule is CC1C2CC(COC(=O)CCC(=O)O)C(C2)C1C. The number of carbonyl (C=O) groups is 2. The molecular weight excluding hydrogens is 232 g/mol. The van der Waals surface area contributed by atoms with Gasteiger partial charge in [0.1, 0.15) is 0 Å². The Balaban J connectivity index is 1.72. The molecule has 5 atom stereocenters. The monoisotopic (exact) mass is 254 g/mol. The fourth-order valence-electron chi connectivity index (χ4n) is 3.77. The highest BCUT2D eigenvalue weighted by atomic mass is 16.5. The van der Waals surface area contributed by atoms with Crippen LogP contribution < -0.4 is 0 Å².